The van der Waals surface area contributed by atoms with Crippen LogP contribution in [0.15, 0.2) is 18.2 Å². The third-order valence-corrected chi connectivity index (χ3v) is 3.64. The highest BCUT2D eigenvalue weighted by Crippen LogP contribution is 2.29. The number of hydrogen-bond acceptors (Lipinski definition) is 3. The SMILES string of the molecule is CC(O)CNCc1c(Cl)cccc1N1CCCC1. The van der Waals surface area contributed by atoms with Gasteiger partial charge in [0.1, 0.15) is 0 Å². The lowest BCUT2D eigenvalue weighted by Crippen LogP contribution is -2.26. The Morgan fingerprint density at radius 2 is 2.11 bits per heavy atom. The van der Waals surface area contributed by atoms with Crippen LogP contribution >= 0.6 is 11.6 Å². The van der Waals surface area contributed by atoms with Crippen LogP contribution in [0.3, 0.4) is 0 Å². The lowest BCUT2D eigenvalue weighted by Gasteiger charge is -2.22. The number of anilines is 1. The number of halogens is 1. The minimum absolute atomic E-state index is 0.331. The molecule has 1 aliphatic heterocycles. The molecule has 0 spiro atoms. The van der Waals surface area contributed by atoms with Crippen LogP contribution in [0.25, 0.3) is 0 Å². The van der Waals surface area contributed by atoms with Gasteiger partial charge < -0.3 is 15.3 Å². The third kappa shape index (κ3) is 3.37. The van der Waals surface area contributed by atoms with E-state index >= 15 is 0 Å². The van der Waals surface area contributed by atoms with E-state index in [1.54, 1.807) is 6.92 Å². The van der Waals surface area contributed by atoms with Gasteiger partial charge in [0.05, 0.1) is 6.10 Å². The molecule has 1 heterocycles. The average Bonchev–Trinajstić information content (AvgIpc) is 2.84. The number of nitrogens with one attached hydrogen (secondary N) is 1. The van der Waals surface area contributed by atoms with Crippen LogP contribution in [0.5, 0.6) is 0 Å². The first kappa shape index (κ1) is 13.7. The molecule has 1 atom stereocenters. The van der Waals surface area contributed by atoms with Gasteiger partial charge in [-0.2, -0.15) is 0 Å². The van der Waals surface area contributed by atoms with E-state index in [0.717, 1.165) is 23.7 Å². The molecule has 0 bridgehead atoms. The number of nitrogens with zero attached hydrogens (tertiary/aromatic N) is 1. The summed E-state index contributed by atoms with van der Waals surface area (Å²) in [6.07, 6.45) is 2.18. The van der Waals surface area contributed by atoms with Crippen molar-refractivity contribution in [2.75, 3.05) is 24.5 Å². The van der Waals surface area contributed by atoms with Crippen LogP contribution < -0.4 is 10.2 Å². The van der Waals surface area contributed by atoms with E-state index in [4.69, 9.17) is 11.6 Å². The normalized spacial score (nSPS) is 17.2. The molecule has 2 N–H and O–H groups in total. The van der Waals surface area contributed by atoms with E-state index in [9.17, 15) is 5.11 Å². The van der Waals surface area contributed by atoms with E-state index in [0.29, 0.717) is 13.1 Å². The fourth-order valence-electron chi connectivity index (χ4n) is 2.38. The van der Waals surface area contributed by atoms with Gasteiger partial charge in [-0.05, 0) is 31.9 Å². The highest BCUT2D eigenvalue weighted by molar-refractivity contribution is 6.31. The number of benzene rings is 1. The summed E-state index contributed by atoms with van der Waals surface area (Å²) in [6, 6.07) is 6.07. The Morgan fingerprint density at radius 3 is 2.78 bits per heavy atom. The van der Waals surface area contributed by atoms with Crippen LogP contribution in [0.1, 0.15) is 25.3 Å². The largest absolute Gasteiger partial charge is 0.392 e. The fraction of sp³-hybridized carbons (Fsp3) is 0.571. The van der Waals surface area contributed by atoms with Crippen molar-refractivity contribution < 1.29 is 5.11 Å². The second-order valence-electron chi connectivity index (χ2n) is 4.91. The Balaban J connectivity index is 2.10. The molecule has 0 aromatic heterocycles. The predicted octanol–water partition coefficient (Wildman–Crippen LogP) is 2.41. The van der Waals surface area contributed by atoms with Crippen LogP contribution in [0.2, 0.25) is 5.02 Å². The third-order valence-electron chi connectivity index (χ3n) is 3.28. The van der Waals surface area contributed by atoms with Gasteiger partial charge in [0.25, 0.3) is 0 Å². The number of hydrogen-bond donors (Lipinski definition) is 2. The van der Waals surface area contributed by atoms with Crippen molar-refractivity contribution in [2.45, 2.75) is 32.4 Å². The van der Waals surface area contributed by atoms with Crippen LogP contribution in [0, 0.1) is 0 Å². The Kier molecular flexibility index (Phi) is 4.87. The smallest absolute Gasteiger partial charge is 0.0636 e. The van der Waals surface area contributed by atoms with Gasteiger partial charge in [-0.25, -0.2) is 0 Å². The minimum Gasteiger partial charge on any atom is -0.392 e. The number of aliphatic hydroxyl groups is 1. The van der Waals surface area contributed by atoms with Gasteiger partial charge in [-0.15, -0.1) is 0 Å². The van der Waals surface area contributed by atoms with Gasteiger partial charge in [0.15, 0.2) is 0 Å². The van der Waals surface area contributed by atoms with Crippen molar-refractivity contribution >= 4 is 17.3 Å². The number of aliphatic hydroxyl groups excluding tert-OH is 1. The zero-order valence-electron chi connectivity index (χ0n) is 10.8. The molecule has 0 amide bonds. The Bertz CT molecular complexity index is 389. The molecule has 2 rings (SSSR count). The molecule has 1 aliphatic rings. The van der Waals surface area contributed by atoms with Gasteiger partial charge >= 0.3 is 0 Å². The highest BCUT2D eigenvalue weighted by atomic mass is 35.5. The average molecular weight is 269 g/mol. The lowest BCUT2D eigenvalue weighted by molar-refractivity contribution is 0.191. The van der Waals surface area contributed by atoms with Gasteiger partial charge in [0, 0.05) is 42.5 Å². The molecule has 3 nitrogen and oxygen atoms in total. The Labute approximate surface area is 114 Å². The Morgan fingerprint density at radius 1 is 1.39 bits per heavy atom. The zero-order valence-corrected chi connectivity index (χ0v) is 11.6. The van der Waals surface area contributed by atoms with Gasteiger partial charge in [-0.3, -0.25) is 0 Å². The summed E-state index contributed by atoms with van der Waals surface area (Å²) in [7, 11) is 0. The van der Waals surface area contributed by atoms with Gasteiger partial charge in [0.2, 0.25) is 0 Å². The summed E-state index contributed by atoms with van der Waals surface area (Å²) in [4.78, 5) is 2.39. The Hall–Kier alpha value is -0.770. The molecule has 0 saturated carbocycles. The molecule has 1 aromatic carbocycles. The molecule has 1 unspecified atom stereocenters. The predicted molar refractivity (Wildman–Crippen MR) is 76.3 cm³/mol. The van der Waals surface area contributed by atoms with E-state index in [-0.39, 0.29) is 6.10 Å². The van der Waals surface area contributed by atoms with Crippen molar-refractivity contribution in [1.29, 1.82) is 0 Å². The molecule has 100 valence electrons. The van der Waals surface area contributed by atoms with Crippen molar-refractivity contribution in [1.82, 2.24) is 5.32 Å². The molecule has 1 fully saturated rings. The number of rotatable bonds is 5. The van der Waals surface area contributed by atoms with Crippen molar-refractivity contribution in [2.24, 2.45) is 0 Å². The van der Waals surface area contributed by atoms with Crippen LogP contribution in [0.4, 0.5) is 5.69 Å². The summed E-state index contributed by atoms with van der Waals surface area (Å²) in [6.45, 7) is 5.30. The van der Waals surface area contributed by atoms with E-state index in [1.165, 1.54) is 18.5 Å². The first-order valence-corrected chi connectivity index (χ1v) is 6.97. The fourth-order valence-corrected chi connectivity index (χ4v) is 2.62. The van der Waals surface area contributed by atoms with Crippen molar-refractivity contribution in [3.63, 3.8) is 0 Å². The summed E-state index contributed by atoms with van der Waals surface area (Å²) in [5.41, 5.74) is 2.37. The minimum atomic E-state index is -0.331. The van der Waals surface area contributed by atoms with E-state index < -0.39 is 0 Å². The molecule has 1 saturated heterocycles. The quantitative estimate of drug-likeness (QED) is 0.861. The maximum Gasteiger partial charge on any atom is 0.0636 e. The lowest BCUT2D eigenvalue weighted by atomic mass is 10.1. The molecular weight excluding hydrogens is 248 g/mol. The first-order chi connectivity index (χ1) is 8.68. The van der Waals surface area contributed by atoms with Crippen LogP contribution in [-0.4, -0.2) is 30.8 Å². The second-order valence-corrected chi connectivity index (χ2v) is 5.32. The first-order valence-electron chi connectivity index (χ1n) is 6.59. The zero-order chi connectivity index (χ0) is 13.0. The molecule has 1 aromatic rings. The molecule has 0 aliphatic carbocycles. The topological polar surface area (TPSA) is 35.5 Å². The van der Waals surface area contributed by atoms with E-state index in [1.807, 2.05) is 12.1 Å². The molecule has 4 heteroatoms. The van der Waals surface area contributed by atoms with Crippen LogP contribution in [-0.2, 0) is 6.54 Å². The maximum absolute atomic E-state index is 9.27. The standard InChI is InChI=1S/C14H21ClN2O/c1-11(18)9-16-10-12-13(15)5-4-6-14(12)17-7-2-3-8-17/h4-6,11,16,18H,2-3,7-10H2,1H3. The summed E-state index contributed by atoms with van der Waals surface area (Å²) < 4.78 is 0. The summed E-state index contributed by atoms with van der Waals surface area (Å²) >= 11 is 6.29. The molecule has 18 heavy (non-hydrogen) atoms. The molecular formula is C14H21ClN2O. The monoisotopic (exact) mass is 268 g/mol. The maximum atomic E-state index is 9.27. The summed E-state index contributed by atoms with van der Waals surface area (Å²) in [5.74, 6) is 0. The summed E-state index contributed by atoms with van der Waals surface area (Å²) in [5, 5.41) is 13.3. The van der Waals surface area contributed by atoms with Crippen molar-refractivity contribution in [3.05, 3.63) is 28.8 Å². The van der Waals surface area contributed by atoms with Gasteiger partial charge in [-0.1, -0.05) is 17.7 Å². The van der Waals surface area contributed by atoms with E-state index in [2.05, 4.69) is 16.3 Å². The van der Waals surface area contributed by atoms with Crippen molar-refractivity contribution in [3.8, 4) is 0 Å². The highest BCUT2D eigenvalue weighted by Gasteiger charge is 2.17. The molecule has 0 radical (unpaired) electrons. The second kappa shape index (κ2) is 6.41.